The third kappa shape index (κ3) is 2.86. The van der Waals surface area contributed by atoms with E-state index in [1.807, 2.05) is 6.07 Å². The van der Waals surface area contributed by atoms with Gasteiger partial charge in [0.25, 0.3) is 0 Å². The fourth-order valence-corrected chi connectivity index (χ4v) is 5.55. The van der Waals surface area contributed by atoms with Gasteiger partial charge in [0, 0.05) is 18.4 Å². The quantitative estimate of drug-likeness (QED) is 0.702. The summed E-state index contributed by atoms with van der Waals surface area (Å²) in [6, 6.07) is 9.20. The van der Waals surface area contributed by atoms with Gasteiger partial charge in [-0.15, -0.1) is 0 Å². The number of methoxy groups -OCH3 is 2. The number of fused-ring (bicyclic) bond motifs is 5. The molecule has 3 aliphatic rings. The number of hydrogen-bond acceptors (Lipinski definition) is 4. The number of rotatable bonds is 5. The maximum absolute atomic E-state index is 5.82. The summed E-state index contributed by atoms with van der Waals surface area (Å²) in [5, 5.41) is 0. The van der Waals surface area contributed by atoms with Crippen LogP contribution in [0.4, 0.5) is 0 Å². The Morgan fingerprint density at radius 2 is 1.90 bits per heavy atom. The van der Waals surface area contributed by atoms with Gasteiger partial charge in [0.05, 0.1) is 32.9 Å². The van der Waals surface area contributed by atoms with Crippen LogP contribution in [0.5, 0.6) is 23.0 Å². The summed E-state index contributed by atoms with van der Waals surface area (Å²) < 4.78 is 23.9. The minimum Gasteiger partial charge on any atom is -0.493 e. The second-order valence-electron chi connectivity index (χ2n) is 8.49. The SMILES string of the molecule is CCCC[N+]12CCc3cc4c(cc3C1Cc1ccc(OC)c(OC)c1C2)OCO4. The van der Waals surface area contributed by atoms with Gasteiger partial charge in [-0.2, -0.15) is 0 Å². The first kappa shape index (κ1) is 18.6. The van der Waals surface area contributed by atoms with Crippen LogP contribution in [-0.4, -0.2) is 38.6 Å². The molecule has 3 heterocycles. The molecule has 0 saturated heterocycles. The van der Waals surface area contributed by atoms with E-state index in [-0.39, 0.29) is 0 Å². The number of nitrogens with zero attached hydrogens (tertiary/aromatic N) is 1. The standard InChI is InChI=1S/C24H30NO4/c1-4-5-9-25-10-8-17-12-22-23(29-15-28-22)13-18(17)20(25)11-16-6-7-21(26-2)24(27-3)19(16)14-25/h6-7,12-13,20H,4-5,8-11,14-15H2,1-3H3/q+1. The first-order valence-electron chi connectivity index (χ1n) is 10.7. The van der Waals surface area contributed by atoms with E-state index < -0.39 is 0 Å². The zero-order valence-corrected chi connectivity index (χ0v) is 17.6. The van der Waals surface area contributed by atoms with Gasteiger partial charge in [-0.3, -0.25) is 0 Å². The van der Waals surface area contributed by atoms with Crippen molar-refractivity contribution in [2.24, 2.45) is 0 Å². The summed E-state index contributed by atoms with van der Waals surface area (Å²) in [7, 11) is 3.48. The molecule has 0 fully saturated rings. The zero-order chi connectivity index (χ0) is 20.0. The van der Waals surface area contributed by atoms with Crippen molar-refractivity contribution in [3.05, 3.63) is 46.5 Å². The van der Waals surface area contributed by atoms with Gasteiger partial charge >= 0.3 is 0 Å². The van der Waals surface area contributed by atoms with Crippen LogP contribution in [0.1, 0.15) is 48.1 Å². The molecule has 0 saturated carbocycles. The van der Waals surface area contributed by atoms with Gasteiger partial charge < -0.3 is 23.4 Å². The van der Waals surface area contributed by atoms with Gasteiger partial charge in [-0.05, 0) is 35.7 Å². The van der Waals surface area contributed by atoms with Crippen molar-refractivity contribution in [2.45, 2.75) is 45.2 Å². The van der Waals surface area contributed by atoms with Crippen molar-refractivity contribution in [3.63, 3.8) is 0 Å². The Morgan fingerprint density at radius 1 is 1.07 bits per heavy atom. The molecule has 2 aromatic rings. The van der Waals surface area contributed by atoms with Gasteiger partial charge in [0.2, 0.25) is 6.79 Å². The summed E-state index contributed by atoms with van der Waals surface area (Å²) in [4.78, 5) is 0. The van der Waals surface area contributed by atoms with E-state index in [9.17, 15) is 0 Å². The summed E-state index contributed by atoms with van der Waals surface area (Å²) in [5.41, 5.74) is 5.57. The Morgan fingerprint density at radius 3 is 2.66 bits per heavy atom. The average Bonchev–Trinajstić information content (AvgIpc) is 3.21. The lowest BCUT2D eigenvalue weighted by atomic mass is 9.80. The van der Waals surface area contributed by atoms with Gasteiger partial charge in [-0.25, -0.2) is 0 Å². The molecule has 5 rings (SSSR count). The highest BCUT2D eigenvalue weighted by Crippen LogP contribution is 2.50. The molecule has 0 radical (unpaired) electrons. The third-order valence-electron chi connectivity index (χ3n) is 7.07. The molecule has 2 atom stereocenters. The smallest absolute Gasteiger partial charge is 0.231 e. The molecule has 2 aromatic carbocycles. The first-order chi connectivity index (χ1) is 14.2. The maximum Gasteiger partial charge on any atom is 0.231 e. The van der Waals surface area contributed by atoms with Crippen molar-refractivity contribution in [2.75, 3.05) is 34.1 Å². The summed E-state index contributed by atoms with van der Waals surface area (Å²) >= 11 is 0. The Labute approximate surface area is 172 Å². The largest absolute Gasteiger partial charge is 0.493 e. The fourth-order valence-electron chi connectivity index (χ4n) is 5.55. The molecule has 0 amide bonds. The molecular weight excluding hydrogens is 366 g/mol. The molecule has 0 aliphatic carbocycles. The lowest BCUT2D eigenvalue weighted by Crippen LogP contribution is -2.56. The Hall–Kier alpha value is -2.40. The highest BCUT2D eigenvalue weighted by Gasteiger charge is 2.47. The molecule has 5 nitrogen and oxygen atoms in total. The molecule has 0 N–H and O–H groups in total. The number of hydrogen-bond donors (Lipinski definition) is 0. The molecular formula is C24H30NO4+. The van der Waals surface area contributed by atoms with E-state index in [0.29, 0.717) is 12.8 Å². The Balaban J connectivity index is 1.63. The number of unbranched alkanes of at least 4 members (excludes halogenated alkanes) is 1. The zero-order valence-electron chi connectivity index (χ0n) is 17.6. The number of benzene rings is 2. The van der Waals surface area contributed by atoms with Gasteiger partial charge in [-0.1, -0.05) is 19.4 Å². The number of quaternary nitrogens is 1. The van der Waals surface area contributed by atoms with E-state index in [1.54, 1.807) is 14.2 Å². The molecule has 5 heteroatoms. The topological polar surface area (TPSA) is 36.9 Å². The van der Waals surface area contributed by atoms with E-state index >= 15 is 0 Å². The van der Waals surface area contributed by atoms with Crippen molar-refractivity contribution in [1.82, 2.24) is 0 Å². The maximum atomic E-state index is 5.82. The minimum atomic E-state index is 0.332. The predicted molar refractivity (Wildman–Crippen MR) is 111 cm³/mol. The van der Waals surface area contributed by atoms with Crippen molar-refractivity contribution >= 4 is 0 Å². The van der Waals surface area contributed by atoms with E-state index in [4.69, 9.17) is 18.9 Å². The second-order valence-corrected chi connectivity index (χ2v) is 8.49. The van der Waals surface area contributed by atoms with Crippen LogP contribution >= 0.6 is 0 Å². The lowest BCUT2D eigenvalue weighted by molar-refractivity contribution is -0.973. The normalized spacial score (nSPS) is 23.8. The number of ether oxygens (including phenoxy) is 4. The highest BCUT2D eigenvalue weighted by atomic mass is 16.7. The van der Waals surface area contributed by atoms with E-state index in [2.05, 4.69) is 25.1 Å². The van der Waals surface area contributed by atoms with Gasteiger partial charge in [0.15, 0.2) is 23.0 Å². The van der Waals surface area contributed by atoms with Crippen LogP contribution in [0.2, 0.25) is 0 Å². The van der Waals surface area contributed by atoms with Crippen molar-refractivity contribution in [3.8, 4) is 23.0 Å². The highest BCUT2D eigenvalue weighted by molar-refractivity contribution is 5.54. The van der Waals surface area contributed by atoms with Crippen LogP contribution in [0.3, 0.4) is 0 Å². The fraction of sp³-hybridized carbons (Fsp3) is 0.500. The minimum absolute atomic E-state index is 0.332. The Kier molecular flexibility index (Phi) is 4.58. The summed E-state index contributed by atoms with van der Waals surface area (Å²) in [6.45, 7) is 5.95. The molecule has 3 aliphatic heterocycles. The van der Waals surface area contributed by atoms with Crippen LogP contribution in [0.25, 0.3) is 0 Å². The molecule has 0 spiro atoms. The molecule has 29 heavy (non-hydrogen) atoms. The summed E-state index contributed by atoms with van der Waals surface area (Å²) in [6.07, 6.45) is 4.54. The second kappa shape index (κ2) is 7.13. The average molecular weight is 397 g/mol. The third-order valence-corrected chi connectivity index (χ3v) is 7.07. The van der Waals surface area contributed by atoms with Crippen LogP contribution < -0.4 is 18.9 Å². The molecule has 0 aromatic heterocycles. The van der Waals surface area contributed by atoms with E-state index in [1.165, 1.54) is 41.6 Å². The van der Waals surface area contributed by atoms with Crippen LogP contribution in [0.15, 0.2) is 24.3 Å². The molecule has 0 bridgehead atoms. The van der Waals surface area contributed by atoms with Gasteiger partial charge in [0.1, 0.15) is 12.6 Å². The van der Waals surface area contributed by atoms with Crippen LogP contribution in [-0.2, 0) is 19.4 Å². The summed E-state index contributed by atoms with van der Waals surface area (Å²) in [5.74, 6) is 3.55. The monoisotopic (exact) mass is 396 g/mol. The van der Waals surface area contributed by atoms with E-state index in [0.717, 1.165) is 53.4 Å². The lowest BCUT2D eigenvalue weighted by Gasteiger charge is -2.51. The predicted octanol–water partition coefficient (Wildman–Crippen LogP) is 4.40. The van der Waals surface area contributed by atoms with Crippen molar-refractivity contribution in [1.29, 1.82) is 0 Å². The van der Waals surface area contributed by atoms with Crippen LogP contribution in [0, 0.1) is 0 Å². The molecule has 2 unspecified atom stereocenters. The molecule has 154 valence electrons. The first-order valence-corrected chi connectivity index (χ1v) is 10.7. The Bertz CT molecular complexity index is 941. The van der Waals surface area contributed by atoms with Crippen molar-refractivity contribution < 1.29 is 23.4 Å².